The third-order valence-corrected chi connectivity index (χ3v) is 4.88. The molecule has 1 N–H and O–H groups in total. The minimum absolute atomic E-state index is 0.217. The molecule has 1 amide bonds. The zero-order chi connectivity index (χ0) is 13.8. The first-order chi connectivity index (χ1) is 9.84. The number of ether oxygens (including phenoxy) is 1. The molecule has 0 saturated carbocycles. The molecule has 114 valence electrons. The van der Waals surface area contributed by atoms with Crippen LogP contribution in [0.2, 0.25) is 0 Å². The van der Waals surface area contributed by atoms with Crippen molar-refractivity contribution in [2.45, 2.75) is 31.7 Å². The molecule has 2 unspecified atom stereocenters. The van der Waals surface area contributed by atoms with Crippen molar-refractivity contribution in [1.82, 2.24) is 15.1 Å². The van der Waals surface area contributed by atoms with Gasteiger partial charge in [0.05, 0.1) is 19.1 Å². The van der Waals surface area contributed by atoms with Gasteiger partial charge in [0.25, 0.3) is 0 Å². The number of likely N-dealkylation sites (tertiary alicyclic amines) is 1. The van der Waals surface area contributed by atoms with Crippen LogP contribution in [0.1, 0.15) is 25.7 Å². The maximum absolute atomic E-state index is 12.7. The zero-order valence-corrected chi connectivity index (χ0v) is 12.4. The van der Waals surface area contributed by atoms with Gasteiger partial charge in [0.2, 0.25) is 5.91 Å². The average molecular weight is 281 g/mol. The van der Waals surface area contributed by atoms with Crippen LogP contribution < -0.4 is 5.32 Å². The second-order valence-corrected chi connectivity index (χ2v) is 6.28. The number of amides is 1. The molecular formula is C15H27N3O2. The van der Waals surface area contributed by atoms with Gasteiger partial charge in [0.1, 0.15) is 0 Å². The standard InChI is InChI=1S/C15H27N3O2/c19-15(13-3-1-5-16-11-13)18-6-2-4-14(18)12-17-7-9-20-10-8-17/h13-14,16H,1-12H2. The first-order valence-corrected chi connectivity index (χ1v) is 8.16. The number of nitrogens with one attached hydrogen (secondary N) is 1. The number of carbonyl (C=O) groups excluding carboxylic acids is 1. The van der Waals surface area contributed by atoms with Gasteiger partial charge in [-0.05, 0) is 32.2 Å². The molecule has 5 nitrogen and oxygen atoms in total. The summed E-state index contributed by atoms with van der Waals surface area (Å²) in [5.74, 6) is 0.613. The van der Waals surface area contributed by atoms with Crippen LogP contribution in [-0.2, 0) is 9.53 Å². The van der Waals surface area contributed by atoms with E-state index < -0.39 is 0 Å². The molecule has 20 heavy (non-hydrogen) atoms. The highest BCUT2D eigenvalue weighted by Crippen LogP contribution is 2.23. The van der Waals surface area contributed by atoms with Gasteiger partial charge in [0, 0.05) is 38.8 Å². The van der Waals surface area contributed by atoms with E-state index in [1.54, 1.807) is 0 Å². The summed E-state index contributed by atoms with van der Waals surface area (Å²) in [6.07, 6.45) is 4.54. The molecule has 0 aromatic carbocycles. The Morgan fingerprint density at radius 2 is 2.00 bits per heavy atom. The lowest BCUT2D eigenvalue weighted by Crippen LogP contribution is -2.50. The maximum Gasteiger partial charge on any atom is 0.227 e. The first kappa shape index (κ1) is 14.3. The SMILES string of the molecule is O=C(C1CCCNC1)N1CCCC1CN1CCOCC1. The lowest BCUT2D eigenvalue weighted by molar-refractivity contribution is -0.137. The number of morpholine rings is 1. The molecule has 2 atom stereocenters. The number of carbonyl (C=O) groups is 1. The van der Waals surface area contributed by atoms with E-state index in [1.807, 2.05) is 0 Å². The van der Waals surface area contributed by atoms with Gasteiger partial charge in [-0.3, -0.25) is 9.69 Å². The average Bonchev–Trinajstić information content (AvgIpc) is 2.96. The molecule has 3 rings (SSSR count). The molecule has 0 spiro atoms. The van der Waals surface area contributed by atoms with E-state index in [0.29, 0.717) is 11.9 Å². The fraction of sp³-hybridized carbons (Fsp3) is 0.933. The molecule has 3 fully saturated rings. The molecule has 0 bridgehead atoms. The van der Waals surface area contributed by atoms with Gasteiger partial charge in [0.15, 0.2) is 0 Å². The van der Waals surface area contributed by atoms with Crippen molar-refractivity contribution in [3.63, 3.8) is 0 Å². The van der Waals surface area contributed by atoms with Gasteiger partial charge < -0.3 is 15.0 Å². The van der Waals surface area contributed by atoms with Gasteiger partial charge in [-0.25, -0.2) is 0 Å². The molecule has 5 heteroatoms. The Morgan fingerprint density at radius 3 is 2.75 bits per heavy atom. The summed E-state index contributed by atoms with van der Waals surface area (Å²) < 4.78 is 5.40. The number of hydrogen-bond acceptors (Lipinski definition) is 4. The van der Waals surface area contributed by atoms with Gasteiger partial charge >= 0.3 is 0 Å². The molecule has 0 aromatic rings. The van der Waals surface area contributed by atoms with Gasteiger partial charge in [-0.1, -0.05) is 0 Å². The van der Waals surface area contributed by atoms with Crippen molar-refractivity contribution in [2.24, 2.45) is 5.92 Å². The van der Waals surface area contributed by atoms with Gasteiger partial charge in [-0.15, -0.1) is 0 Å². The fourth-order valence-corrected chi connectivity index (χ4v) is 3.69. The van der Waals surface area contributed by atoms with Crippen molar-refractivity contribution in [3.8, 4) is 0 Å². The Bertz CT molecular complexity index is 325. The second-order valence-electron chi connectivity index (χ2n) is 6.28. The van der Waals surface area contributed by atoms with Crippen molar-refractivity contribution in [3.05, 3.63) is 0 Å². The van der Waals surface area contributed by atoms with E-state index >= 15 is 0 Å². The first-order valence-electron chi connectivity index (χ1n) is 8.16. The predicted molar refractivity (Wildman–Crippen MR) is 77.6 cm³/mol. The second kappa shape index (κ2) is 6.87. The third-order valence-electron chi connectivity index (χ3n) is 4.88. The predicted octanol–water partition coefficient (Wildman–Crippen LogP) is 0.309. The molecular weight excluding hydrogens is 254 g/mol. The van der Waals surface area contributed by atoms with Crippen LogP contribution >= 0.6 is 0 Å². The van der Waals surface area contributed by atoms with E-state index in [9.17, 15) is 4.79 Å². The molecule has 3 aliphatic heterocycles. The Morgan fingerprint density at radius 1 is 1.15 bits per heavy atom. The fourth-order valence-electron chi connectivity index (χ4n) is 3.69. The van der Waals surface area contributed by atoms with Crippen molar-refractivity contribution in [1.29, 1.82) is 0 Å². The molecule has 3 saturated heterocycles. The van der Waals surface area contributed by atoms with Crippen molar-refractivity contribution >= 4 is 5.91 Å². The monoisotopic (exact) mass is 281 g/mol. The zero-order valence-electron chi connectivity index (χ0n) is 12.4. The smallest absolute Gasteiger partial charge is 0.227 e. The van der Waals surface area contributed by atoms with Crippen molar-refractivity contribution in [2.75, 3.05) is 52.5 Å². The normalized spacial score (nSPS) is 32.5. The van der Waals surface area contributed by atoms with E-state index in [4.69, 9.17) is 4.74 Å². The van der Waals surface area contributed by atoms with E-state index in [0.717, 1.165) is 65.3 Å². The van der Waals surface area contributed by atoms with Crippen molar-refractivity contribution < 1.29 is 9.53 Å². The van der Waals surface area contributed by atoms with Crippen LogP contribution in [0.3, 0.4) is 0 Å². The highest BCUT2D eigenvalue weighted by atomic mass is 16.5. The maximum atomic E-state index is 12.7. The summed E-state index contributed by atoms with van der Waals surface area (Å²) in [5.41, 5.74) is 0. The number of rotatable bonds is 3. The summed E-state index contributed by atoms with van der Waals surface area (Å²) >= 11 is 0. The van der Waals surface area contributed by atoms with E-state index in [2.05, 4.69) is 15.1 Å². The van der Waals surface area contributed by atoms with Crippen LogP contribution in [0.15, 0.2) is 0 Å². The Kier molecular flexibility index (Phi) is 4.91. The summed E-state index contributed by atoms with van der Waals surface area (Å²) in [6, 6.07) is 0.433. The largest absolute Gasteiger partial charge is 0.379 e. The Hall–Kier alpha value is -0.650. The van der Waals surface area contributed by atoms with Crippen LogP contribution in [0, 0.1) is 5.92 Å². The van der Waals surface area contributed by atoms with E-state index in [1.165, 1.54) is 12.8 Å². The lowest BCUT2D eigenvalue weighted by atomic mass is 9.97. The van der Waals surface area contributed by atoms with Crippen LogP contribution in [0.5, 0.6) is 0 Å². The topological polar surface area (TPSA) is 44.8 Å². The molecule has 3 heterocycles. The third kappa shape index (κ3) is 3.32. The number of piperidine rings is 1. The molecule has 3 aliphatic rings. The van der Waals surface area contributed by atoms with Crippen LogP contribution in [0.25, 0.3) is 0 Å². The minimum atomic E-state index is 0.217. The molecule has 0 aromatic heterocycles. The Balaban J connectivity index is 1.55. The Labute approximate surface area is 121 Å². The minimum Gasteiger partial charge on any atom is -0.379 e. The van der Waals surface area contributed by atoms with Gasteiger partial charge in [-0.2, -0.15) is 0 Å². The highest BCUT2D eigenvalue weighted by molar-refractivity contribution is 5.79. The van der Waals surface area contributed by atoms with Crippen LogP contribution in [-0.4, -0.2) is 74.2 Å². The number of nitrogens with zero attached hydrogens (tertiary/aromatic N) is 2. The highest BCUT2D eigenvalue weighted by Gasteiger charge is 2.34. The summed E-state index contributed by atoms with van der Waals surface area (Å²) in [7, 11) is 0. The quantitative estimate of drug-likeness (QED) is 0.809. The molecule has 0 radical (unpaired) electrons. The van der Waals surface area contributed by atoms with E-state index in [-0.39, 0.29) is 5.92 Å². The lowest BCUT2D eigenvalue weighted by Gasteiger charge is -2.35. The molecule has 0 aliphatic carbocycles. The summed E-state index contributed by atoms with van der Waals surface area (Å²) in [6.45, 7) is 7.66. The summed E-state index contributed by atoms with van der Waals surface area (Å²) in [5, 5.41) is 3.36. The van der Waals surface area contributed by atoms with Crippen LogP contribution in [0.4, 0.5) is 0 Å². The number of hydrogen-bond donors (Lipinski definition) is 1. The summed E-state index contributed by atoms with van der Waals surface area (Å²) in [4.78, 5) is 17.3.